The second-order valence-electron chi connectivity index (χ2n) is 4.15. The van der Waals surface area contributed by atoms with E-state index < -0.39 is 0 Å². The van der Waals surface area contributed by atoms with Gasteiger partial charge in [0, 0.05) is 6.04 Å². The Kier molecular flexibility index (Phi) is 2.17. The maximum Gasteiger partial charge on any atom is 0.00980 e. The Hall–Kier alpha value is -0.0400. The van der Waals surface area contributed by atoms with E-state index >= 15 is 0 Å². The van der Waals surface area contributed by atoms with E-state index in [-0.39, 0.29) is 0 Å². The first-order chi connectivity index (χ1) is 5.42. The predicted molar refractivity (Wildman–Crippen MR) is 47.5 cm³/mol. The van der Waals surface area contributed by atoms with Crippen molar-refractivity contribution >= 4 is 0 Å². The van der Waals surface area contributed by atoms with E-state index in [9.17, 15) is 0 Å². The molecule has 1 unspecified atom stereocenters. The fourth-order valence-corrected chi connectivity index (χ4v) is 2.49. The van der Waals surface area contributed by atoms with Gasteiger partial charge in [0.1, 0.15) is 0 Å². The van der Waals surface area contributed by atoms with Crippen molar-refractivity contribution in [1.29, 1.82) is 0 Å². The van der Waals surface area contributed by atoms with E-state index in [1.807, 2.05) is 0 Å². The first kappa shape index (κ1) is 7.60. The largest absolute Gasteiger partial charge is 0.314 e. The molecule has 0 aromatic heterocycles. The molecule has 0 spiro atoms. The minimum absolute atomic E-state index is 0.897. The molecular formula is C10H19N. The van der Waals surface area contributed by atoms with E-state index in [1.54, 1.807) is 0 Å². The SMILES string of the molecule is CCCNC1CCC[C@@H]2C[C@H]12. The van der Waals surface area contributed by atoms with Gasteiger partial charge in [0.15, 0.2) is 0 Å². The van der Waals surface area contributed by atoms with Crippen LogP contribution in [0.1, 0.15) is 39.0 Å². The van der Waals surface area contributed by atoms with Crippen LogP contribution < -0.4 is 5.32 Å². The Bertz CT molecular complexity index is 133. The molecule has 1 N–H and O–H groups in total. The van der Waals surface area contributed by atoms with Crippen molar-refractivity contribution in [3.8, 4) is 0 Å². The molecule has 0 heterocycles. The number of fused-ring (bicyclic) bond motifs is 1. The summed E-state index contributed by atoms with van der Waals surface area (Å²) in [6, 6.07) is 0.897. The zero-order valence-electron chi connectivity index (χ0n) is 7.47. The van der Waals surface area contributed by atoms with Crippen LogP contribution in [0.4, 0.5) is 0 Å². The maximum atomic E-state index is 3.66. The Balaban J connectivity index is 1.75. The molecular weight excluding hydrogens is 134 g/mol. The van der Waals surface area contributed by atoms with Crippen molar-refractivity contribution in [3.63, 3.8) is 0 Å². The van der Waals surface area contributed by atoms with Gasteiger partial charge in [-0.2, -0.15) is 0 Å². The Labute approximate surface area is 69.6 Å². The third-order valence-corrected chi connectivity index (χ3v) is 3.24. The summed E-state index contributed by atoms with van der Waals surface area (Å²) in [4.78, 5) is 0. The Morgan fingerprint density at radius 3 is 3.09 bits per heavy atom. The molecule has 2 rings (SSSR count). The van der Waals surface area contributed by atoms with Gasteiger partial charge in [-0.1, -0.05) is 19.8 Å². The molecule has 0 radical (unpaired) electrons. The highest BCUT2D eigenvalue weighted by atomic mass is 14.9. The van der Waals surface area contributed by atoms with Gasteiger partial charge < -0.3 is 5.32 Å². The summed E-state index contributed by atoms with van der Waals surface area (Å²) in [5.74, 6) is 2.20. The van der Waals surface area contributed by atoms with Crippen LogP contribution in [-0.2, 0) is 0 Å². The van der Waals surface area contributed by atoms with Crippen LogP contribution in [0.5, 0.6) is 0 Å². The van der Waals surface area contributed by atoms with Gasteiger partial charge in [-0.3, -0.25) is 0 Å². The van der Waals surface area contributed by atoms with Crippen molar-refractivity contribution < 1.29 is 0 Å². The lowest BCUT2D eigenvalue weighted by atomic mass is 9.95. The van der Waals surface area contributed by atoms with Gasteiger partial charge >= 0.3 is 0 Å². The van der Waals surface area contributed by atoms with Gasteiger partial charge in [0.05, 0.1) is 0 Å². The molecule has 0 bridgehead atoms. The third-order valence-electron chi connectivity index (χ3n) is 3.24. The molecule has 0 aliphatic heterocycles. The standard InChI is InChI=1S/C10H19N/c1-2-6-11-10-5-3-4-8-7-9(8)10/h8-11H,2-7H2,1H3/t8-,9+,10?/m1/s1. The van der Waals surface area contributed by atoms with Crippen molar-refractivity contribution in [1.82, 2.24) is 5.32 Å². The fraction of sp³-hybridized carbons (Fsp3) is 1.00. The van der Waals surface area contributed by atoms with E-state index in [4.69, 9.17) is 0 Å². The normalized spacial score (nSPS) is 41.7. The fourth-order valence-electron chi connectivity index (χ4n) is 2.49. The van der Waals surface area contributed by atoms with Crippen molar-refractivity contribution in [2.45, 2.75) is 45.1 Å². The summed E-state index contributed by atoms with van der Waals surface area (Å²) in [6.45, 7) is 3.48. The molecule has 1 heteroatoms. The lowest BCUT2D eigenvalue weighted by molar-refractivity contribution is 0.355. The lowest BCUT2D eigenvalue weighted by Crippen LogP contribution is -2.33. The average Bonchev–Trinajstić information content (AvgIpc) is 2.79. The summed E-state index contributed by atoms with van der Waals surface area (Å²) in [5.41, 5.74) is 0. The highest BCUT2D eigenvalue weighted by Crippen LogP contribution is 2.49. The summed E-state index contributed by atoms with van der Waals surface area (Å²) in [7, 11) is 0. The molecule has 2 aliphatic carbocycles. The van der Waals surface area contributed by atoms with E-state index in [0.29, 0.717) is 0 Å². The molecule has 2 saturated carbocycles. The van der Waals surface area contributed by atoms with Gasteiger partial charge in [-0.15, -0.1) is 0 Å². The first-order valence-electron chi connectivity index (χ1n) is 5.15. The van der Waals surface area contributed by atoms with Crippen LogP contribution in [0.3, 0.4) is 0 Å². The molecule has 64 valence electrons. The predicted octanol–water partition coefficient (Wildman–Crippen LogP) is 2.17. The molecule has 11 heavy (non-hydrogen) atoms. The second kappa shape index (κ2) is 3.14. The average molecular weight is 153 g/mol. The Morgan fingerprint density at radius 1 is 1.36 bits per heavy atom. The van der Waals surface area contributed by atoms with Crippen molar-refractivity contribution in [3.05, 3.63) is 0 Å². The molecule has 1 nitrogen and oxygen atoms in total. The van der Waals surface area contributed by atoms with Gasteiger partial charge in [0.2, 0.25) is 0 Å². The molecule has 2 aliphatic rings. The number of rotatable bonds is 3. The minimum atomic E-state index is 0.897. The highest BCUT2D eigenvalue weighted by Gasteiger charge is 2.44. The highest BCUT2D eigenvalue weighted by molar-refractivity contribution is 4.98. The van der Waals surface area contributed by atoms with E-state index in [2.05, 4.69) is 12.2 Å². The van der Waals surface area contributed by atoms with E-state index in [0.717, 1.165) is 17.9 Å². The smallest absolute Gasteiger partial charge is 0.00980 e. The second-order valence-corrected chi connectivity index (χ2v) is 4.15. The lowest BCUT2D eigenvalue weighted by Gasteiger charge is -2.22. The van der Waals surface area contributed by atoms with Gasteiger partial charge in [-0.25, -0.2) is 0 Å². The van der Waals surface area contributed by atoms with Crippen molar-refractivity contribution in [2.24, 2.45) is 11.8 Å². The zero-order chi connectivity index (χ0) is 7.68. The number of hydrogen-bond acceptors (Lipinski definition) is 1. The zero-order valence-corrected chi connectivity index (χ0v) is 7.47. The van der Waals surface area contributed by atoms with Crippen LogP contribution in [0, 0.1) is 11.8 Å². The molecule has 0 saturated heterocycles. The maximum absolute atomic E-state index is 3.66. The summed E-state index contributed by atoms with van der Waals surface area (Å²) >= 11 is 0. The molecule has 2 fully saturated rings. The monoisotopic (exact) mass is 153 g/mol. The van der Waals surface area contributed by atoms with Gasteiger partial charge in [0.25, 0.3) is 0 Å². The summed E-state index contributed by atoms with van der Waals surface area (Å²) < 4.78 is 0. The van der Waals surface area contributed by atoms with Crippen LogP contribution in [0.25, 0.3) is 0 Å². The minimum Gasteiger partial charge on any atom is -0.314 e. The topological polar surface area (TPSA) is 12.0 Å². The van der Waals surface area contributed by atoms with Crippen LogP contribution in [0.2, 0.25) is 0 Å². The summed E-state index contributed by atoms with van der Waals surface area (Å²) in [6.07, 6.45) is 7.26. The molecule has 0 aromatic carbocycles. The number of hydrogen-bond donors (Lipinski definition) is 1. The number of nitrogens with one attached hydrogen (secondary N) is 1. The van der Waals surface area contributed by atoms with Crippen LogP contribution >= 0.6 is 0 Å². The quantitative estimate of drug-likeness (QED) is 0.655. The molecule has 0 amide bonds. The first-order valence-corrected chi connectivity index (χ1v) is 5.15. The van der Waals surface area contributed by atoms with Crippen LogP contribution in [0.15, 0.2) is 0 Å². The summed E-state index contributed by atoms with van der Waals surface area (Å²) in [5, 5.41) is 3.66. The van der Waals surface area contributed by atoms with Gasteiger partial charge in [-0.05, 0) is 37.6 Å². The van der Waals surface area contributed by atoms with Crippen LogP contribution in [-0.4, -0.2) is 12.6 Å². The van der Waals surface area contributed by atoms with E-state index in [1.165, 1.54) is 38.6 Å². The third kappa shape index (κ3) is 1.58. The Morgan fingerprint density at radius 2 is 2.27 bits per heavy atom. The van der Waals surface area contributed by atoms with Crippen molar-refractivity contribution in [2.75, 3.05) is 6.54 Å². The molecule has 0 aromatic rings. The molecule has 3 atom stereocenters.